The molecule has 0 spiro atoms. The summed E-state index contributed by atoms with van der Waals surface area (Å²) in [6, 6.07) is 0. The molecule has 8 heteroatoms. The highest BCUT2D eigenvalue weighted by molar-refractivity contribution is 7.18. The smallest absolute Gasteiger partial charge is 0.265 e. The van der Waals surface area contributed by atoms with Crippen LogP contribution in [0.25, 0.3) is 0 Å². The predicted molar refractivity (Wildman–Crippen MR) is 74.2 cm³/mol. The van der Waals surface area contributed by atoms with Gasteiger partial charge in [-0.1, -0.05) is 11.3 Å². The third-order valence-corrected chi connectivity index (χ3v) is 3.95. The molecule has 0 saturated carbocycles. The van der Waals surface area contributed by atoms with Gasteiger partial charge in [0.25, 0.3) is 5.91 Å². The number of nitrogens with one attached hydrogen (secondary N) is 2. The molecule has 96 valence electrons. The Hall–Kier alpha value is -1.67. The highest BCUT2D eigenvalue weighted by atomic mass is 32.1. The maximum absolute atomic E-state index is 11.9. The molecule has 0 fully saturated rings. The zero-order chi connectivity index (χ0) is 13.0. The van der Waals surface area contributed by atoms with E-state index in [1.807, 2.05) is 5.38 Å². The SMILES string of the molecule is CNc1nc(N)c(C(=O)NCCc2cscn2)s1. The molecule has 2 rings (SSSR count). The van der Waals surface area contributed by atoms with Gasteiger partial charge < -0.3 is 16.4 Å². The standard InChI is InChI=1S/C10H13N5OS2/c1-12-10-15-8(11)7(18-10)9(16)13-3-2-6-4-17-5-14-6/h4-5H,2-3,11H2,1H3,(H,12,15)(H,13,16). The summed E-state index contributed by atoms with van der Waals surface area (Å²) in [7, 11) is 1.74. The van der Waals surface area contributed by atoms with Crippen molar-refractivity contribution >= 4 is 39.5 Å². The molecule has 0 aliphatic heterocycles. The fraction of sp³-hybridized carbons (Fsp3) is 0.300. The lowest BCUT2D eigenvalue weighted by Crippen LogP contribution is -2.25. The number of amides is 1. The van der Waals surface area contributed by atoms with E-state index in [-0.39, 0.29) is 11.7 Å². The lowest BCUT2D eigenvalue weighted by atomic mass is 10.3. The molecular weight excluding hydrogens is 270 g/mol. The summed E-state index contributed by atoms with van der Waals surface area (Å²) in [4.78, 5) is 20.5. The van der Waals surface area contributed by atoms with Crippen molar-refractivity contribution < 1.29 is 4.79 Å². The van der Waals surface area contributed by atoms with E-state index in [9.17, 15) is 4.79 Å². The van der Waals surface area contributed by atoms with E-state index < -0.39 is 0 Å². The molecule has 0 unspecified atom stereocenters. The quantitative estimate of drug-likeness (QED) is 0.766. The van der Waals surface area contributed by atoms with Crippen LogP contribution in [0.5, 0.6) is 0 Å². The Kier molecular flexibility index (Phi) is 4.11. The predicted octanol–water partition coefficient (Wildman–Crippen LogP) is 1.20. The van der Waals surface area contributed by atoms with Crippen LogP contribution in [-0.2, 0) is 6.42 Å². The van der Waals surface area contributed by atoms with Gasteiger partial charge in [-0.3, -0.25) is 4.79 Å². The summed E-state index contributed by atoms with van der Waals surface area (Å²) in [5.74, 6) is 0.0669. The fourth-order valence-corrected chi connectivity index (χ4v) is 2.69. The van der Waals surface area contributed by atoms with Crippen LogP contribution in [0.15, 0.2) is 10.9 Å². The highest BCUT2D eigenvalue weighted by Gasteiger charge is 2.15. The Balaban J connectivity index is 1.89. The van der Waals surface area contributed by atoms with Gasteiger partial charge in [-0.2, -0.15) is 0 Å². The number of aromatic nitrogens is 2. The van der Waals surface area contributed by atoms with Crippen molar-refractivity contribution in [2.45, 2.75) is 6.42 Å². The lowest BCUT2D eigenvalue weighted by Gasteiger charge is -2.01. The van der Waals surface area contributed by atoms with Crippen LogP contribution < -0.4 is 16.4 Å². The maximum atomic E-state index is 11.9. The Labute approximate surface area is 112 Å². The number of hydrogen-bond donors (Lipinski definition) is 3. The average molecular weight is 283 g/mol. The Morgan fingerprint density at radius 1 is 1.56 bits per heavy atom. The molecule has 0 radical (unpaired) electrons. The van der Waals surface area contributed by atoms with Crippen molar-refractivity contribution in [3.8, 4) is 0 Å². The summed E-state index contributed by atoms with van der Waals surface area (Å²) in [5.41, 5.74) is 8.43. The van der Waals surface area contributed by atoms with Gasteiger partial charge in [0.05, 0.1) is 11.2 Å². The third kappa shape index (κ3) is 2.96. The largest absolute Gasteiger partial charge is 0.382 e. The van der Waals surface area contributed by atoms with Crippen molar-refractivity contribution in [1.82, 2.24) is 15.3 Å². The van der Waals surface area contributed by atoms with E-state index in [0.29, 0.717) is 23.0 Å². The van der Waals surface area contributed by atoms with Crippen LogP contribution in [0.3, 0.4) is 0 Å². The Morgan fingerprint density at radius 2 is 2.39 bits per heavy atom. The summed E-state index contributed by atoms with van der Waals surface area (Å²) in [5, 5.41) is 8.26. The van der Waals surface area contributed by atoms with Gasteiger partial charge in [-0.15, -0.1) is 11.3 Å². The first-order chi connectivity index (χ1) is 8.70. The van der Waals surface area contributed by atoms with Crippen LogP contribution in [0.4, 0.5) is 10.9 Å². The summed E-state index contributed by atoms with van der Waals surface area (Å²) < 4.78 is 0. The van der Waals surface area contributed by atoms with Gasteiger partial charge in [0, 0.05) is 25.4 Å². The van der Waals surface area contributed by atoms with Crippen molar-refractivity contribution in [2.24, 2.45) is 0 Å². The highest BCUT2D eigenvalue weighted by Crippen LogP contribution is 2.24. The second kappa shape index (κ2) is 5.78. The molecule has 2 aromatic heterocycles. The molecule has 1 amide bonds. The number of nitrogen functional groups attached to an aromatic ring is 1. The van der Waals surface area contributed by atoms with E-state index >= 15 is 0 Å². The molecule has 0 saturated heterocycles. The number of carbonyl (C=O) groups is 1. The fourth-order valence-electron chi connectivity index (χ4n) is 1.35. The summed E-state index contributed by atoms with van der Waals surface area (Å²) >= 11 is 2.79. The zero-order valence-electron chi connectivity index (χ0n) is 9.77. The number of nitrogens with zero attached hydrogens (tertiary/aromatic N) is 2. The molecule has 0 bridgehead atoms. The minimum atomic E-state index is -0.193. The topological polar surface area (TPSA) is 92.9 Å². The first-order valence-electron chi connectivity index (χ1n) is 5.30. The molecule has 2 aromatic rings. The number of anilines is 2. The first-order valence-corrected chi connectivity index (χ1v) is 7.06. The van der Waals surface area contributed by atoms with Crippen LogP contribution in [0, 0.1) is 0 Å². The molecule has 0 aliphatic rings. The number of nitrogens with two attached hydrogens (primary N) is 1. The molecule has 0 aromatic carbocycles. The van der Waals surface area contributed by atoms with E-state index in [1.54, 1.807) is 23.9 Å². The summed E-state index contributed by atoms with van der Waals surface area (Å²) in [6.45, 7) is 0.537. The van der Waals surface area contributed by atoms with Gasteiger partial charge in [0.15, 0.2) is 5.13 Å². The van der Waals surface area contributed by atoms with Crippen molar-refractivity contribution in [1.29, 1.82) is 0 Å². The number of thiazole rings is 2. The molecule has 6 nitrogen and oxygen atoms in total. The maximum Gasteiger partial charge on any atom is 0.265 e. The van der Waals surface area contributed by atoms with E-state index in [4.69, 9.17) is 5.73 Å². The number of carbonyl (C=O) groups excluding carboxylic acids is 1. The van der Waals surface area contributed by atoms with Gasteiger partial charge in [0.2, 0.25) is 0 Å². The lowest BCUT2D eigenvalue weighted by molar-refractivity contribution is 0.0959. The number of hydrogen-bond acceptors (Lipinski definition) is 7. The monoisotopic (exact) mass is 283 g/mol. The van der Waals surface area contributed by atoms with Crippen LogP contribution in [-0.4, -0.2) is 29.5 Å². The number of rotatable bonds is 5. The second-order valence-corrected chi connectivity index (χ2v) is 5.19. The zero-order valence-corrected chi connectivity index (χ0v) is 11.4. The Bertz CT molecular complexity index is 522. The molecule has 4 N–H and O–H groups in total. The van der Waals surface area contributed by atoms with Gasteiger partial charge in [-0.25, -0.2) is 9.97 Å². The normalized spacial score (nSPS) is 10.3. The van der Waals surface area contributed by atoms with Crippen LogP contribution in [0.2, 0.25) is 0 Å². The van der Waals surface area contributed by atoms with E-state index in [0.717, 1.165) is 5.69 Å². The summed E-state index contributed by atoms with van der Waals surface area (Å²) in [6.07, 6.45) is 0.715. The second-order valence-electron chi connectivity index (χ2n) is 3.47. The Morgan fingerprint density at radius 3 is 3.00 bits per heavy atom. The molecule has 0 atom stereocenters. The molecular formula is C10H13N5OS2. The van der Waals surface area contributed by atoms with Gasteiger partial charge >= 0.3 is 0 Å². The van der Waals surface area contributed by atoms with E-state index in [2.05, 4.69) is 20.6 Å². The van der Waals surface area contributed by atoms with Gasteiger partial charge in [-0.05, 0) is 0 Å². The molecule has 0 aliphatic carbocycles. The van der Waals surface area contributed by atoms with Crippen molar-refractivity contribution in [3.63, 3.8) is 0 Å². The van der Waals surface area contributed by atoms with Crippen molar-refractivity contribution in [2.75, 3.05) is 24.6 Å². The van der Waals surface area contributed by atoms with Crippen molar-refractivity contribution in [3.05, 3.63) is 21.5 Å². The minimum absolute atomic E-state index is 0.193. The minimum Gasteiger partial charge on any atom is -0.382 e. The molecule has 2 heterocycles. The third-order valence-electron chi connectivity index (χ3n) is 2.22. The van der Waals surface area contributed by atoms with Crippen LogP contribution >= 0.6 is 22.7 Å². The molecule has 18 heavy (non-hydrogen) atoms. The average Bonchev–Trinajstić information content (AvgIpc) is 2.98. The van der Waals surface area contributed by atoms with E-state index in [1.165, 1.54) is 11.3 Å². The van der Waals surface area contributed by atoms with Crippen LogP contribution in [0.1, 0.15) is 15.4 Å². The van der Waals surface area contributed by atoms with Gasteiger partial charge in [0.1, 0.15) is 10.7 Å². The first kappa shape index (κ1) is 12.8.